The van der Waals surface area contributed by atoms with Gasteiger partial charge in [-0.1, -0.05) is 18.5 Å². The molecule has 3 nitrogen and oxygen atoms in total. The SMILES string of the molecule is CCCn1cccncnc(Cl)c1. The van der Waals surface area contributed by atoms with Crippen LogP contribution in [0.2, 0.25) is 5.15 Å². The van der Waals surface area contributed by atoms with E-state index in [-0.39, 0.29) is 0 Å². The van der Waals surface area contributed by atoms with Gasteiger partial charge in [0.1, 0.15) is 11.5 Å². The van der Waals surface area contributed by atoms with Gasteiger partial charge in [-0.05, 0) is 12.5 Å². The summed E-state index contributed by atoms with van der Waals surface area (Å²) in [5.41, 5.74) is 0. The monoisotopic (exact) mass is 197 g/mol. The lowest BCUT2D eigenvalue weighted by Gasteiger charge is -1.99. The Morgan fingerprint density at radius 2 is 2.38 bits per heavy atom. The van der Waals surface area contributed by atoms with E-state index >= 15 is 0 Å². The summed E-state index contributed by atoms with van der Waals surface area (Å²) in [6, 6.07) is 1.85. The van der Waals surface area contributed by atoms with Crippen LogP contribution in [0.4, 0.5) is 0 Å². The average molecular weight is 198 g/mol. The molecule has 0 bridgehead atoms. The zero-order valence-electron chi connectivity index (χ0n) is 7.52. The normalized spacial score (nSPS) is 9.38. The van der Waals surface area contributed by atoms with Crippen LogP contribution in [-0.2, 0) is 6.54 Å². The van der Waals surface area contributed by atoms with Crippen molar-refractivity contribution in [2.75, 3.05) is 0 Å². The summed E-state index contributed by atoms with van der Waals surface area (Å²) in [5, 5.41) is 0.442. The molecule has 0 N–H and O–H groups in total. The Labute approximate surface area is 82.7 Å². The molecule has 0 aliphatic rings. The summed E-state index contributed by atoms with van der Waals surface area (Å²) in [6.07, 6.45) is 7.87. The third-order valence-corrected chi connectivity index (χ3v) is 1.65. The molecule has 0 radical (unpaired) electrons. The molecule has 0 spiro atoms. The van der Waals surface area contributed by atoms with Crippen molar-refractivity contribution in [2.45, 2.75) is 19.9 Å². The van der Waals surface area contributed by atoms with Crippen molar-refractivity contribution in [1.29, 1.82) is 0 Å². The molecule has 13 heavy (non-hydrogen) atoms. The molecule has 0 unspecified atom stereocenters. The zero-order chi connectivity index (χ0) is 9.52. The van der Waals surface area contributed by atoms with E-state index in [1.807, 2.05) is 16.8 Å². The highest BCUT2D eigenvalue weighted by Gasteiger charge is 1.85. The summed E-state index contributed by atoms with van der Waals surface area (Å²) in [4.78, 5) is 7.78. The second-order valence-electron chi connectivity index (χ2n) is 2.57. The second-order valence-corrected chi connectivity index (χ2v) is 2.96. The van der Waals surface area contributed by atoms with Crippen LogP contribution in [0.5, 0.6) is 0 Å². The van der Waals surface area contributed by atoms with Crippen LogP contribution < -0.4 is 0 Å². The Bertz CT molecular complexity index is 308. The maximum atomic E-state index is 5.81. The van der Waals surface area contributed by atoms with Crippen LogP contribution >= 0.6 is 11.6 Å². The molecule has 1 heterocycles. The lowest BCUT2D eigenvalue weighted by atomic mass is 10.5. The summed E-state index contributed by atoms with van der Waals surface area (Å²) in [5.74, 6) is 0. The van der Waals surface area contributed by atoms with Gasteiger partial charge in [0.15, 0.2) is 0 Å². The van der Waals surface area contributed by atoms with Crippen molar-refractivity contribution >= 4 is 11.6 Å². The second kappa shape index (κ2) is 5.54. The Morgan fingerprint density at radius 3 is 3.15 bits per heavy atom. The average Bonchev–Trinajstić information content (AvgIpc) is 2.18. The van der Waals surface area contributed by atoms with Crippen molar-refractivity contribution in [3.05, 3.63) is 36.1 Å². The minimum atomic E-state index is 0.442. The first kappa shape index (κ1) is 9.99. The minimum absolute atomic E-state index is 0.442. The third-order valence-electron chi connectivity index (χ3n) is 1.45. The first-order valence-corrected chi connectivity index (χ1v) is 4.56. The fourth-order valence-corrected chi connectivity index (χ4v) is 1.11. The first-order chi connectivity index (χ1) is 6.33. The van der Waals surface area contributed by atoms with Crippen molar-refractivity contribution in [2.24, 2.45) is 0 Å². The first-order valence-electron chi connectivity index (χ1n) is 4.18. The summed E-state index contributed by atoms with van der Waals surface area (Å²) >= 11 is 5.81. The standard InChI is InChI=1S/C9H12ClN3/c1-2-5-13-6-3-4-11-8-12-9(10)7-13/h3-4,6-8H,2,5H2,1H3. The molecule has 1 rings (SSSR count). The van der Waals surface area contributed by atoms with Gasteiger partial charge >= 0.3 is 0 Å². The largest absolute Gasteiger partial charge is 0.351 e. The van der Waals surface area contributed by atoms with E-state index in [2.05, 4.69) is 16.9 Å². The van der Waals surface area contributed by atoms with Gasteiger partial charge in [-0.15, -0.1) is 0 Å². The van der Waals surface area contributed by atoms with Gasteiger partial charge in [-0.25, -0.2) is 9.97 Å². The molecule has 4 heteroatoms. The quantitative estimate of drug-likeness (QED) is 0.729. The molecule has 0 saturated heterocycles. The number of aryl methyl sites for hydroxylation is 1. The molecule has 0 amide bonds. The molecule has 1 aromatic heterocycles. The number of rotatable bonds is 2. The Hall–Kier alpha value is -1.09. The molecule has 0 saturated carbocycles. The zero-order valence-corrected chi connectivity index (χ0v) is 8.28. The highest BCUT2D eigenvalue weighted by Crippen LogP contribution is 1.98. The van der Waals surface area contributed by atoms with E-state index in [0.29, 0.717) is 5.15 Å². The van der Waals surface area contributed by atoms with Gasteiger partial charge in [0.25, 0.3) is 0 Å². The maximum Gasteiger partial charge on any atom is 0.147 e. The molecular weight excluding hydrogens is 186 g/mol. The topological polar surface area (TPSA) is 30.7 Å². The van der Waals surface area contributed by atoms with Gasteiger partial charge in [-0.3, -0.25) is 0 Å². The predicted molar refractivity (Wildman–Crippen MR) is 53.0 cm³/mol. The smallest absolute Gasteiger partial charge is 0.147 e. The van der Waals surface area contributed by atoms with E-state index in [4.69, 9.17) is 11.6 Å². The summed E-state index contributed by atoms with van der Waals surface area (Å²) in [7, 11) is 0. The molecule has 0 aromatic carbocycles. The number of nitrogens with zero attached hydrogens (tertiary/aromatic N) is 3. The Kier molecular flexibility index (Phi) is 4.26. The predicted octanol–water partition coefficient (Wildman–Crippen LogP) is 2.47. The number of hydrogen-bond donors (Lipinski definition) is 0. The molecule has 0 fully saturated rings. The number of hydrogen-bond acceptors (Lipinski definition) is 2. The molecular formula is C9H12ClN3. The molecule has 0 aliphatic carbocycles. The lowest BCUT2D eigenvalue weighted by molar-refractivity contribution is 0.676. The van der Waals surface area contributed by atoms with Crippen molar-refractivity contribution in [3.8, 4) is 0 Å². The van der Waals surface area contributed by atoms with Gasteiger partial charge in [0, 0.05) is 25.1 Å². The van der Waals surface area contributed by atoms with Crippen LogP contribution in [0.1, 0.15) is 13.3 Å². The van der Waals surface area contributed by atoms with E-state index in [1.54, 1.807) is 12.4 Å². The molecule has 70 valence electrons. The van der Waals surface area contributed by atoms with Crippen LogP contribution in [0, 0.1) is 0 Å². The van der Waals surface area contributed by atoms with Crippen LogP contribution in [0.15, 0.2) is 31.0 Å². The van der Waals surface area contributed by atoms with Gasteiger partial charge in [0.05, 0.1) is 0 Å². The summed E-state index contributed by atoms with van der Waals surface area (Å²) < 4.78 is 1.98. The van der Waals surface area contributed by atoms with Crippen LogP contribution in [0.25, 0.3) is 0 Å². The van der Waals surface area contributed by atoms with E-state index in [0.717, 1.165) is 13.0 Å². The number of halogens is 1. The van der Waals surface area contributed by atoms with E-state index in [9.17, 15) is 0 Å². The van der Waals surface area contributed by atoms with Crippen LogP contribution in [0.3, 0.4) is 0 Å². The Morgan fingerprint density at radius 1 is 1.54 bits per heavy atom. The van der Waals surface area contributed by atoms with Crippen molar-refractivity contribution in [3.63, 3.8) is 0 Å². The van der Waals surface area contributed by atoms with Gasteiger partial charge in [-0.2, -0.15) is 0 Å². The summed E-state index contributed by atoms with van der Waals surface area (Å²) in [6.45, 7) is 3.04. The van der Waals surface area contributed by atoms with Crippen LogP contribution in [-0.4, -0.2) is 14.5 Å². The molecule has 0 atom stereocenters. The van der Waals surface area contributed by atoms with E-state index < -0.39 is 0 Å². The van der Waals surface area contributed by atoms with Gasteiger partial charge in [0.2, 0.25) is 0 Å². The molecule has 1 aromatic rings. The molecule has 0 aliphatic heterocycles. The van der Waals surface area contributed by atoms with E-state index in [1.165, 1.54) is 6.33 Å². The highest BCUT2D eigenvalue weighted by atomic mass is 35.5. The minimum Gasteiger partial charge on any atom is -0.351 e. The number of aromatic nitrogens is 3. The maximum absolute atomic E-state index is 5.81. The fourth-order valence-electron chi connectivity index (χ4n) is 0.936. The highest BCUT2D eigenvalue weighted by molar-refractivity contribution is 6.29. The van der Waals surface area contributed by atoms with Crippen molar-refractivity contribution < 1.29 is 0 Å². The van der Waals surface area contributed by atoms with Crippen molar-refractivity contribution in [1.82, 2.24) is 14.5 Å². The third kappa shape index (κ3) is 3.90. The Balaban J connectivity index is 3.09. The van der Waals surface area contributed by atoms with Gasteiger partial charge < -0.3 is 4.57 Å². The lowest BCUT2D eigenvalue weighted by Crippen LogP contribution is -1.93. The fraction of sp³-hybridized carbons (Fsp3) is 0.333.